The lowest BCUT2D eigenvalue weighted by atomic mass is 9.81. The number of hydrogen-bond acceptors (Lipinski definition) is 3. The van der Waals surface area contributed by atoms with E-state index in [0.29, 0.717) is 53.3 Å². The van der Waals surface area contributed by atoms with E-state index in [1.807, 2.05) is 0 Å². The molecule has 5 nitrogen and oxygen atoms in total. The molecule has 1 N–H and O–H groups in total. The summed E-state index contributed by atoms with van der Waals surface area (Å²) in [7, 11) is 0. The molecule has 3 aliphatic carbocycles. The molecule has 0 aromatic heterocycles. The minimum absolute atomic E-state index is 0.0567. The van der Waals surface area contributed by atoms with Crippen LogP contribution in [0.2, 0.25) is 10.0 Å². The first-order valence-corrected chi connectivity index (χ1v) is 11.3. The Labute approximate surface area is 180 Å². The van der Waals surface area contributed by atoms with Gasteiger partial charge in [-0.2, -0.15) is 0 Å². The summed E-state index contributed by atoms with van der Waals surface area (Å²) in [4.78, 5) is 40.3. The Balaban J connectivity index is 1.22. The number of carbonyl (C=O) groups excluding carboxylic acids is 3. The van der Waals surface area contributed by atoms with E-state index in [0.717, 1.165) is 19.3 Å². The van der Waals surface area contributed by atoms with E-state index in [1.165, 1.54) is 0 Å². The molecule has 29 heavy (non-hydrogen) atoms. The van der Waals surface area contributed by atoms with Crippen molar-refractivity contribution in [2.24, 2.45) is 29.6 Å². The fraction of sp³-hybridized carbons (Fsp3) is 0.591. The highest BCUT2D eigenvalue weighted by Crippen LogP contribution is 2.56. The van der Waals surface area contributed by atoms with Gasteiger partial charge in [0.25, 0.3) is 0 Å². The van der Waals surface area contributed by atoms with Crippen LogP contribution in [0.15, 0.2) is 18.2 Å². The molecule has 1 aliphatic heterocycles. The summed E-state index contributed by atoms with van der Waals surface area (Å²) in [5.74, 6) is 0.592. The third-order valence-corrected chi connectivity index (χ3v) is 8.15. The van der Waals surface area contributed by atoms with Gasteiger partial charge in [-0.05, 0) is 75.0 Å². The summed E-state index contributed by atoms with van der Waals surface area (Å²) in [5.41, 5.74) is 0.513. The second-order valence-electron chi connectivity index (χ2n) is 9.05. The molecule has 1 heterocycles. The minimum atomic E-state index is -0.148. The molecule has 1 saturated heterocycles. The van der Waals surface area contributed by atoms with Gasteiger partial charge < -0.3 is 5.32 Å². The van der Waals surface area contributed by atoms with E-state index in [4.69, 9.17) is 23.2 Å². The van der Waals surface area contributed by atoms with Crippen LogP contribution in [0.1, 0.15) is 44.9 Å². The molecule has 4 fully saturated rings. The maximum absolute atomic E-state index is 13.0. The van der Waals surface area contributed by atoms with Crippen molar-refractivity contribution >= 4 is 46.6 Å². The number of rotatable bonds is 3. The van der Waals surface area contributed by atoms with E-state index >= 15 is 0 Å². The lowest BCUT2D eigenvalue weighted by Crippen LogP contribution is -2.44. The van der Waals surface area contributed by atoms with Crippen molar-refractivity contribution < 1.29 is 14.4 Å². The number of anilines is 1. The third kappa shape index (κ3) is 3.17. The smallest absolute Gasteiger partial charge is 0.233 e. The molecule has 1 aromatic rings. The van der Waals surface area contributed by atoms with Gasteiger partial charge in [0.05, 0.1) is 22.5 Å². The molecule has 0 unspecified atom stereocenters. The van der Waals surface area contributed by atoms with Crippen molar-refractivity contribution in [2.75, 3.05) is 5.32 Å². The number of imide groups is 1. The van der Waals surface area contributed by atoms with Crippen LogP contribution >= 0.6 is 23.2 Å². The van der Waals surface area contributed by atoms with Crippen molar-refractivity contribution in [1.29, 1.82) is 0 Å². The number of halogens is 2. The highest BCUT2D eigenvalue weighted by Gasteiger charge is 2.61. The Morgan fingerprint density at radius 1 is 0.931 bits per heavy atom. The summed E-state index contributed by atoms with van der Waals surface area (Å²) in [6, 6.07) is 4.92. The van der Waals surface area contributed by atoms with Crippen LogP contribution in [0.4, 0.5) is 5.69 Å². The van der Waals surface area contributed by atoms with Gasteiger partial charge in [0.15, 0.2) is 0 Å². The Morgan fingerprint density at radius 2 is 1.55 bits per heavy atom. The summed E-state index contributed by atoms with van der Waals surface area (Å²) in [6.07, 6.45) is 5.94. The van der Waals surface area contributed by atoms with Crippen molar-refractivity contribution in [1.82, 2.24) is 4.90 Å². The number of benzene rings is 1. The third-order valence-electron chi connectivity index (χ3n) is 7.58. The van der Waals surface area contributed by atoms with Gasteiger partial charge in [0.2, 0.25) is 17.7 Å². The van der Waals surface area contributed by atoms with Crippen LogP contribution in [0.5, 0.6) is 0 Å². The zero-order valence-corrected chi connectivity index (χ0v) is 17.6. The molecule has 0 spiro atoms. The summed E-state index contributed by atoms with van der Waals surface area (Å²) in [5, 5.41) is 3.83. The van der Waals surface area contributed by atoms with E-state index in [-0.39, 0.29) is 41.5 Å². The number of nitrogens with one attached hydrogen (secondary N) is 1. The largest absolute Gasteiger partial charge is 0.324 e. The first-order valence-electron chi connectivity index (χ1n) is 10.6. The summed E-state index contributed by atoms with van der Waals surface area (Å²) in [6.45, 7) is 0. The van der Waals surface area contributed by atoms with Gasteiger partial charge in [-0.25, -0.2) is 0 Å². The number of nitrogens with zero attached hydrogens (tertiary/aromatic N) is 1. The lowest BCUT2D eigenvalue weighted by Gasteiger charge is -2.33. The normalized spacial score (nSPS) is 35.9. The number of fused-ring (bicyclic) bond motifs is 5. The first-order chi connectivity index (χ1) is 13.9. The summed E-state index contributed by atoms with van der Waals surface area (Å²) >= 11 is 12.1. The zero-order valence-electron chi connectivity index (χ0n) is 16.1. The molecule has 3 saturated carbocycles. The minimum Gasteiger partial charge on any atom is -0.324 e. The molecule has 5 rings (SSSR count). The molecular formula is C22H24Cl2N2O3. The van der Waals surface area contributed by atoms with E-state index in [2.05, 4.69) is 5.32 Å². The standard InChI is InChI=1S/C22H24Cl2N2O3/c23-14-5-8-16(24)17(10-14)25-20(27)11-3-6-15(7-4-11)26-21(28)18-12-1-2-13(9-12)19(18)22(26)29/h5,8,10-13,15,18-19H,1-4,6-7,9H2,(H,25,27)/t11?,12-,13-,15?,18-,19-/m0/s1. The highest BCUT2D eigenvalue weighted by atomic mass is 35.5. The van der Waals surface area contributed by atoms with Crippen molar-refractivity contribution in [3.8, 4) is 0 Å². The molecule has 0 radical (unpaired) electrons. The second-order valence-corrected chi connectivity index (χ2v) is 9.89. The molecule has 1 aromatic carbocycles. The van der Waals surface area contributed by atoms with Crippen molar-refractivity contribution in [3.05, 3.63) is 28.2 Å². The predicted octanol–water partition coefficient (Wildman–Crippen LogP) is 4.52. The number of hydrogen-bond donors (Lipinski definition) is 1. The molecule has 7 heteroatoms. The van der Waals surface area contributed by atoms with Crippen LogP contribution < -0.4 is 5.32 Å². The fourth-order valence-electron chi connectivity index (χ4n) is 6.22. The van der Waals surface area contributed by atoms with Gasteiger partial charge in [-0.3, -0.25) is 19.3 Å². The maximum Gasteiger partial charge on any atom is 0.233 e. The average molecular weight is 435 g/mol. The average Bonchev–Trinajstić information content (AvgIpc) is 3.39. The fourth-order valence-corrected chi connectivity index (χ4v) is 6.55. The first kappa shape index (κ1) is 19.4. The van der Waals surface area contributed by atoms with Gasteiger partial charge in [0, 0.05) is 17.0 Å². The second kappa shape index (κ2) is 7.28. The van der Waals surface area contributed by atoms with Crippen LogP contribution in [-0.2, 0) is 14.4 Å². The highest BCUT2D eigenvalue weighted by molar-refractivity contribution is 6.35. The van der Waals surface area contributed by atoms with Gasteiger partial charge >= 0.3 is 0 Å². The van der Waals surface area contributed by atoms with E-state index < -0.39 is 0 Å². The Kier molecular flexibility index (Phi) is 4.86. The monoisotopic (exact) mass is 434 g/mol. The zero-order chi connectivity index (χ0) is 20.3. The predicted molar refractivity (Wildman–Crippen MR) is 111 cm³/mol. The van der Waals surface area contributed by atoms with Crippen LogP contribution in [0.3, 0.4) is 0 Å². The number of likely N-dealkylation sites (tertiary alicyclic amines) is 1. The molecule has 2 bridgehead atoms. The van der Waals surface area contributed by atoms with Crippen LogP contribution in [0, 0.1) is 29.6 Å². The van der Waals surface area contributed by atoms with Crippen LogP contribution in [0.25, 0.3) is 0 Å². The van der Waals surface area contributed by atoms with Gasteiger partial charge in [0.1, 0.15) is 0 Å². The molecule has 3 amide bonds. The Bertz CT molecular complexity index is 853. The topological polar surface area (TPSA) is 66.5 Å². The maximum atomic E-state index is 13.0. The Hall–Kier alpha value is -1.59. The molecular weight excluding hydrogens is 411 g/mol. The van der Waals surface area contributed by atoms with Crippen molar-refractivity contribution in [3.63, 3.8) is 0 Å². The quantitative estimate of drug-likeness (QED) is 0.710. The van der Waals surface area contributed by atoms with Crippen molar-refractivity contribution in [2.45, 2.75) is 51.0 Å². The Morgan fingerprint density at radius 3 is 2.17 bits per heavy atom. The van der Waals surface area contributed by atoms with Crippen LogP contribution in [-0.4, -0.2) is 28.7 Å². The molecule has 154 valence electrons. The SMILES string of the molecule is O=C(Nc1cc(Cl)ccc1Cl)C1CCC(N2C(=O)[C@H]3[C@H]4CC[C@@H](C4)[C@@H]3C2=O)CC1. The number of carbonyl (C=O) groups is 3. The lowest BCUT2D eigenvalue weighted by molar-refractivity contribution is -0.144. The van der Waals surface area contributed by atoms with Gasteiger partial charge in [-0.15, -0.1) is 0 Å². The molecule has 4 atom stereocenters. The number of amides is 3. The van der Waals surface area contributed by atoms with Gasteiger partial charge in [-0.1, -0.05) is 23.2 Å². The summed E-state index contributed by atoms with van der Waals surface area (Å²) < 4.78 is 0. The molecule has 4 aliphatic rings. The van der Waals surface area contributed by atoms with E-state index in [9.17, 15) is 14.4 Å². The van der Waals surface area contributed by atoms with E-state index in [1.54, 1.807) is 23.1 Å².